The first-order valence-electron chi connectivity index (χ1n) is 8.63. The lowest BCUT2D eigenvalue weighted by Crippen LogP contribution is -2.35. The molecule has 2 aromatic heterocycles. The molecule has 0 saturated heterocycles. The zero-order valence-electron chi connectivity index (χ0n) is 14.8. The Kier molecular flexibility index (Phi) is 3.34. The van der Waals surface area contributed by atoms with Crippen LogP contribution in [0.15, 0.2) is 62.7 Å². The molecule has 0 amide bonds. The number of fused-ring (bicyclic) bond motifs is 2. The summed E-state index contributed by atoms with van der Waals surface area (Å²) in [5.41, 5.74) is 4.71. The maximum Gasteiger partial charge on any atom is 0.235 e. The van der Waals surface area contributed by atoms with E-state index in [0.717, 1.165) is 43.1 Å². The van der Waals surface area contributed by atoms with Crippen LogP contribution < -0.4 is 10.9 Å². The molecule has 0 atom stereocenters. The van der Waals surface area contributed by atoms with Crippen LogP contribution in [0.25, 0.3) is 44.1 Å². The van der Waals surface area contributed by atoms with Crippen molar-refractivity contribution in [2.45, 2.75) is 6.92 Å². The molecule has 0 spiro atoms. The predicted molar refractivity (Wildman–Crippen MR) is 113 cm³/mol. The van der Waals surface area contributed by atoms with E-state index < -0.39 is 10.9 Å². The van der Waals surface area contributed by atoms with E-state index in [2.05, 4.69) is 20.9 Å². The van der Waals surface area contributed by atoms with Crippen molar-refractivity contribution in [3.8, 4) is 22.3 Å². The van der Waals surface area contributed by atoms with Gasteiger partial charge in [0.25, 0.3) is 0 Å². The number of aromatic amines is 1. The van der Waals surface area contributed by atoms with E-state index in [1.165, 1.54) is 0 Å². The molecule has 0 aliphatic carbocycles. The third-order valence-corrected chi connectivity index (χ3v) is 5.77. The number of aromatic nitrogens is 2. The van der Waals surface area contributed by atoms with Gasteiger partial charge in [-0.1, -0.05) is 34.1 Å². The number of aryl methyl sites for hydroxylation is 2. The van der Waals surface area contributed by atoms with E-state index in [1.54, 1.807) is 0 Å². The van der Waals surface area contributed by atoms with Gasteiger partial charge in [0.05, 0.1) is 0 Å². The molecule has 3 aromatic carbocycles. The highest BCUT2D eigenvalue weighted by molar-refractivity contribution is 9.10. The molecular weight excluding hydrogens is 404 g/mol. The van der Waals surface area contributed by atoms with E-state index in [0.29, 0.717) is 11.1 Å². The summed E-state index contributed by atoms with van der Waals surface area (Å²) in [4.78, 5) is 28.6. The standard InChI is InChI=1S/C22H15BrN2O2/c1-11-18(13-5-3-4-6-16(13)24-11)20-19(21(26)22(20)27)15-10-25(2)17-8-7-12(23)9-14(15)17/h3-10,24H,1-2H3. The Morgan fingerprint density at radius 1 is 0.926 bits per heavy atom. The number of rotatable bonds is 2. The van der Waals surface area contributed by atoms with Gasteiger partial charge in [-0.15, -0.1) is 0 Å². The molecule has 5 rings (SSSR count). The molecule has 0 aliphatic heterocycles. The van der Waals surface area contributed by atoms with Crippen molar-refractivity contribution in [3.05, 3.63) is 79.3 Å². The number of H-pyrrole nitrogens is 1. The molecule has 0 aliphatic rings. The Bertz CT molecular complexity index is 1450. The van der Waals surface area contributed by atoms with Gasteiger partial charge in [-0.05, 0) is 31.2 Å². The molecular formula is C22H15BrN2O2. The lowest BCUT2D eigenvalue weighted by molar-refractivity contribution is 0.970. The monoisotopic (exact) mass is 418 g/mol. The summed E-state index contributed by atoms with van der Waals surface area (Å²) < 4.78 is 2.92. The van der Waals surface area contributed by atoms with Crippen molar-refractivity contribution < 1.29 is 0 Å². The van der Waals surface area contributed by atoms with Crippen LogP contribution in [-0.4, -0.2) is 9.55 Å². The molecule has 5 aromatic rings. The number of benzene rings is 2. The summed E-state index contributed by atoms with van der Waals surface area (Å²) in [5.74, 6) is 0. The third-order valence-electron chi connectivity index (χ3n) is 5.27. The minimum atomic E-state index is -0.415. The molecule has 5 heteroatoms. The van der Waals surface area contributed by atoms with E-state index in [4.69, 9.17) is 0 Å². The van der Waals surface area contributed by atoms with Crippen LogP contribution in [0.2, 0.25) is 0 Å². The van der Waals surface area contributed by atoms with E-state index in [1.807, 2.05) is 67.2 Å². The third kappa shape index (κ3) is 2.15. The number of halogens is 1. The Morgan fingerprint density at radius 2 is 1.67 bits per heavy atom. The van der Waals surface area contributed by atoms with Crippen LogP contribution in [-0.2, 0) is 7.05 Å². The predicted octanol–water partition coefficient (Wildman–Crippen LogP) is 4.66. The maximum atomic E-state index is 12.6. The minimum Gasteiger partial charge on any atom is -0.358 e. The van der Waals surface area contributed by atoms with Gasteiger partial charge in [-0.2, -0.15) is 0 Å². The first kappa shape index (κ1) is 16.3. The SMILES string of the molecule is Cc1[nH]c2ccccc2c1-c1c(-c2cn(C)c3ccc(Br)cc23)c(=O)c1=O. The first-order valence-corrected chi connectivity index (χ1v) is 9.42. The molecule has 0 radical (unpaired) electrons. The summed E-state index contributed by atoms with van der Waals surface area (Å²) in [6.07, 6.45) is 1.93. The van der Waals surface area contributed by atoms with Crippen LogP contribution in [0.5, 0.6) is 0 Å². The maximum absolute atomic E-state index is 12.6. The second-order valence-corrected chi connectivity index (χ2v) is 7.81. The van der Waals surface area contributed by atoms with Crippen LogP contribution in [0, 0.1) is 6.92 Å². The molecule has 1 N–H and O–H groups in total. The molecule has 0 unspecified atom stereocenters. The number of hydrogen-bond donors (Lipinski definition) is 1. The van der Waals surface area contributed by atoms with Crippen LogP contribution in [0.4, 0.5) is 0 Å². The highest BCUT2D eigenvalue weighted by atomic mass is 79.9. The number of para-hydroxylation sites is 1. The number of hydrogen-bond acceptors (Lipinski definition) is 2. The Morgan fingerprint density at radius 3 is 2.48 bits per heavy atom. The van der Waals surface area contributed by atoms with Crippen molar-refractivity contribution >= 4 is 37.7 Å². The van der Waals surface area contributed by atoms with E-state index in [-0.39, 0.29) is 0 Å². The largest absolute Gasteiger partial charge is 0.358 e. The Balaban J connectivity index is 1.87. The highest BCUT2D eigenvalue weighted by Gasteiger charge is 2.28. The van der Waals surface area contributed by atoms with Crippen molar-refractivity contribution in [1.29, 1.82) is 0 Å². The van der Waals surface area contributed by atoms with E-state index in [9.17, 15) is 9.59 Å². The second-order valence-electron chi connectivity index (χ2n) is 6.89. The Labute approximate surface area is 162 Å². The smallest absolute Gasteiger partial charge is 0.235 e. The number of nitrogens with one attached hydrogen (secondary N) is 1. The highest BCUT2D eigenvalue weighted by Crippen LogP contribution is 2.39. The van der Waals surface area contributed by atoms with Gasteiger partial charge in [0.2, 0.25) is 10.9 Å². The fourth-order valence-electron chi connectivity index (χ4n) is 4.05. The van der Waals surface area contributed by atoms with Gasteiger partial charge >= 0.3 is 0 Å². The summed E-state index contributed by atoms with van der Waals surface area (Å²) in [6, 6.07) is 13.8. The van der Waals surface area contributed by atoms with Gasteiger partial charge in [-0.25, -0.2) is 0 Å². The van der Waals surface area contributed by atoms with Gasteiger partial charge in [0, 0.05) is 67.5 Å². The quantitative estimate of drug-likeness (QED) is 0.423. The van der Waals surface area contributed by atoms with Crippen LogP contribution in [0.1, 0.15) is 5.69 Å². The van der Waals surface area contributed by atoms with Crippen molar-refractivity contribution in [3.63, 3.8) is 0 Å². The van der Waals surface area contributed by atoms with Crippen molar-refractivity contribution in [1.82, 2.24) is 9.55 Å². The fraction of sp³-hybridized carbons (Fsp3) is 0.0909. The average molecular weight is 419 g/mol. The lowest BCUT2D eigenvalue weighted by Gasteiger charge is -2.11. The fourth-order valence-corrected chi connectivity index (χ4v) is 4.41. The Hall–Kier alpha value is -2.92. The average Bonchev–Trinajstić information content (AvgIpc) is 3.14. The van der Waals surface area contributed by atoms with Crippen molar-refractivity contribution in [2.24, 2.45) is 7.05 Å². The first-order chi connectivity index (χ1) is 13.0. The molecule has 0 fully saturated rings. The summed E-state index contributed by atoms with van der Waals surface area (Å²) in [7, 11) is 1.95. The molecule has 2 heterocycles. The van der Waals surface area contributed by atoms with E-state index >= 15 is 0 Å². The second kappa shape index (κ2) is 5.54. The van der Waals surface area contributed by atoms with Gasteiger partial charge in [0.15, 0.2) is 0 Å². The van der Waals surface area contributed by atoms with Gasteiger partial charge < -0.3 is 9.55 Å². The zero-order chi connectivity index (χ0) is 18.9. The van der Waals surface area contributed by atoms with Gasteiger partial charge in [-0.3, -0.25) is 9.59 Å². The van der Waals surface area contributed by atoms with Gasteiger partial charge in [0.1, 0.15) is 0 Å². The molecule has 27 heavy (non-hydrogen) atoms. The van der Waals surface area contributed by atoms with Crippen LogP contribution in [0.3, 0.4) is 0 Å². The number of nitrogens with zero attached hydrogens (tertiary/aromatic N) is 1. The minimum absolute atomic E-state index is 0.412. The topological polar surface area (TPSA) is 54.9 Å². The van der Waals surface area contributed by atoms with Crippen molar-refractivity contribution in [2.75, 3.05) is 0 Å². The summed E-state index contributed by atoms with van der Waals surface area (Å²) in [5, 5.41) is 1.92. The molecule has 0 bridgehead atoms. The molecule has 132 valence electrons. The molecule has 4 nitrogen and oxygen atoms in total. The summed E-state index contributed by atoms with van der Waals surface area (Å²) in [6.45, 7) is 1.94. The normalized spacial score (nSPS) is 11.8. The molecule has 0 saturated carbocycles. The van der Waals surface area contributed by atoms with Crippen LogP contribution >= 0.6 is 15.9 Å². The lowest BCUT2D eigenvalue weighted by atomic mass is 9.88. The zero-order valence-corrected chi connectivity index (χ0v) is 16.3. The summed E-state index contributed by atoms with van der Waals surface area (Å²) >= 11 is 3.51.